The number of benzene rings is 2. The average Bonchev–Trinajstić information content (AvgIpc) is 3.05. The topological polar surface area (TPSA) is 65.6 Å². The Morgan fingerprint density at radius 1 is 1.00 bits per heavy atom. The van der Waals surface area contributed by atoms with Crippen LogP contribution >= 0.6 is 0 Å². The Kier molecular flexibility index (Phi) is 5.25. The lowest BCUT2D eigenvalue weighted by Gasteiger charge is -2.36. The lowest BCUT2D eigenvalue weighted by atomic mass is 10.1. The summed E-state index contributed by atoms with van der Waals surface area (Å²) in [6, 6.07) is 15.6. The monoisotopic (exact) mass is 391 g/mol. The normalized spacial score (nSPS) is 14.3. The number of aromatic nitrogens is 1. The summed E-state index contributed by atoms with van der Waals surface area (Å²) in [6.45, 7) is 6.58. The van der Waals surface area contributed by atoms with Crippen LogP contribution in [-0.4, -0.2) is 54.5 Å². The molecule has 1 saturated heterocycles. The minimum Gasteiger partial charge on any atom is -0.452 e. The lowest BCUT2D eigenvalue weighted by Crippen LogP contribution is -2.49. The first-order chi connectivity index (χ1) is 14.0. The van der Waals surface area contributed by atoms with Gasteiger partial charge in [0.15, 0.2) is 6.61 Å². The maximum absolute atomic E-state index is 12.5. The predicted molar refractivity (Wildman–Crippen MR) is 113 cm³/mol. The van der Waals surface area contributed by atoms with Gasteiger partial charge in [0.2, 0.25) is 0 Å². The van der Waals surface area contributed by atoms with Crippen LogP contribution in [0.25, 0.3) is 10.9 Å². The molecule has 2 heterocycles. The van der Waals surface area contributed by atoms with Crippen molar-refractivity contribution in [2.45, 2.75) is 13.8 Å². The molecule has 1 aliphatic rings. The van der Waals surface area contributed by atoms with Gasteiger partial charge in [0.25, 0.3) is 5.91 Å². The van der Waals surface area contributed by atoms with Crippen molar-refractivity contribution in [2.24, 2.45) is 0 Å². The van der Waals surface area contributed by atoms with E-state index in [2.05, 4.69) is 22.0 Å². The number of amides is 1. The molecule has 6 nitrogen and oxygen atoms in total. The molecule has 1 fully saturated rings. The smallest absolute Gasteiger partial charge is 0.338 e. The van der Waals surface area contributed by atoms with E-state index in [1.54, 1.807) is 11.0 Å². The molecule has 0 radical (unpaired) electrons. The van der Waals surface area contributed by atoms with Crippen molar-refractivity contribution in [1.82, 2.24) is 9.88 Å². The molecule has 0 aliphatic carbocycles. The summed E-state index contributed by atoms with van der Waals surface area (Å²) in [4.78, 5) is 32.2. The van der Waals surface area contributed by atoms with Crippen molar-refractivity contribution in [3.63, 3.8) is 0 Å². The average molecular weight is 391 g/mol. The molecule has 0 unspecified atom stereocenters. The van der Waals surface area contributed by atoms with E-state index >= 15 is 0 Å². The van der Waals surface area contributed by atoms with Crippen LogP contribution in [0.4, 0.5) is 5.69 Å². The first-order valence-corrected chi connectivity index (χ1v) is 9.87. The first-order valence-electron chi connectivity index (χ1n) is 9.87. The van der Waals surface area contributed by atoms with Crippen molar-refractivity contribution in [2.75, 3.05) is 37.7 Å². The molecule has 0 saturated carbocycles. The van der Waals surface area contributed by atoms with Crippen molar-refractivity contribution < 1.29 is 14.3 Å². The van der Waals surface area contributed by atoms with E-state index < -0.39 is 5.97 Å². The third kappa shape index (κ3) is 3.97. The van der Waals surface area contributed by atoms with Crippen molar-refractivity contribution in [3.8, 4) is 0 Å². The minimum absolute atomic E-state index is 0.152. The number of rotatable bonds is 4. The number of hydrogen-bond donors (Lipinski definition) is 1. The molecule has 1 amide bonds. The number of piperazine rings is 1. The van der Waals surface area contributed by atoms with Gasteiger partial charge >= 0.3 is 5.97 Å². The van der Waals surface area contributed by atoms with Crippen molar-refractivity contribution >= 4 is 28.5 Å². The number of ether oxygens (including phenoxy) is 1. The fourth-order valence-corrected chi connectivity index (χ4v) is 3.74. The fraction of sp³-hybridized carbons (Fsp3) is 0.304. The second-order valence-corrected chi connectivity index (χ2v) is 7.41. The first kappa shape index (κ1) is 19.1. The summed E-state index contributed by atoms with van der Waals surface area (Å²) in [5, 5.41) is 1.00. The Bertz CT molecular complexity index is 1030. The summed E-state index contributed by atoms with van der Waals surface area (Å²) in [5.41, 5.74) is 4.80. The van der Waals surface area contributed by atoms with Gasteiger partial charge in [-0.05, 0) is 49.7 Å². The number of esters is 1. The fourth-order valence-electron chi connectivity index (χ4n) is 3.74. The van der Waals surface area contributed by atoms with Crippen LogP contribution in [0.15, 0.2) is 48.5 Å². The molecule has 1 N–H and O–H groups in total. The van der Waals surface area contributed by atoms with Gasteiger partial charge in [-0.2, -0.15) is 0 Å². The highest BCUT2D eigenvalue weighted by atomic mass is 16.5. The second-order valence-electron chi connectivity index (χ2n) is 7.41. The van der Waals surface area contributed by atoms with Gasteiger partial charge in [0.05, 0.1) is 5.56 Å². The highest BCUT2D eigenvalue weighted by Crippen LogP contribution is 2.23. The van der Waals surface area contributed by atoms with E-state index in [0.29, 0.717) is 18.7 Å². The quantitative estimate of drug-likeness (QED) is 0.693. The summed E-state index contributed by atoms with van der Waals surface area (Å²) in [5.74, 6) is -0.623. The number of H-pyrrole nitrogens is 1. The SMILES string of the molecule is Cc1[nH]c2ccc(C(=O)OCC(=O)N3CCN(c4ccccc4)CC3)cc2c1C. The van der Waals surface area contributed by atoms with Gasteiger partial charge < -0.3 is 19.5 Å². The van der Waals surface area contributed by atoms with E-state index in [-0.39, 0.29) is 12.5 Å². The summed E-state index contributed by atoms with van der Waals surface area (Å²) in [6.07, 6.45) is 0. The highest BCUT2D eigenvalue weighted by Gasteiger charge is 2.22. The molecule has 0 bridgehead atoms. The number of aryl methyl sites for hydroxylation is 2. The zero-order valence-corrected chi connectivity index (χ0v) is 16.8. The van der Waals surface area contributed by atoms with Gasteiger partial charge in [-0.1, -0.05) is 18.2 Å². The van der Waals surface area contributed by atoms with Crippen LogP contribution in [0.3, 0.4) is 0 Å². The largest absolute Gasteiger partial charge is 0.452 e. The zero-order valence-electron chi connectivity index (χ0n) is 16.8. The van der Waals surface area contributed by atoms with Crippen molar-refractivity contribution in [1.29, 1.82) is 0 Å². The molecular formula is C23H25N3O3. The lowest BCUT2D eigenvalue weighted by molar-refractivity contribution is -0.134. The van der Waals surface area contributed by atoms with Gasteiger partial charge in [0, 0.05) is 48.5 Å². The van der Waals surface area contributed by atoms with Crippen LogP contribution in [0.1, 0.15) is 21.6 Å². The molecule has 4 rings (SSSR count). The number of fused-ring (bicyclic) bond motifs is 1. The third-order valence-corrected chi connectivity index (χ3v) is 5.62. The molecule has 6 heteroatoms. The standard InChI is InChI=1S/C23H25N3O3/c1-16-17(2)24-21-9-8-18(14-20(16)21)23(28)29-15-22(27)26-12-10-25(11-13-26)19-6-4-3-5-7-19/h3-9,14,24H,10-13,15H2,1-2H3. The molecule has 2 aromatic carbocycles. The van der Waals surface area contributed by atoms with E-state index in [4.69, 9.17) is 4.74 Å². The predicted octanol–water partition coefficient (Wildman–Crippen LogP) is 3.29. The number of carbonyl (C=O) groups excluding carboxylic acids is 2. The Hall–Kier alpha value is -3.28. The maximum Gasteiger partial charge on any atom is 0.338 e. The van der Waals surface area contributed by atoms with Gasteiger partial charge in [-0.3, -0.25) is 4.79 Å². The van der Waals surface area contributed by atoms with Gasteiger partial charge in [0.1, 0.15) is 0 Å². The van der Waals surface area contributed by atoms with Crippen LogP contribution in [0.5, 0.6) is 0 Å². The van der Waals surface area contributed by atoms with Crippen LogP contribution in [0.2, 0.25) is 0 Å². The number of carbonyl (C=O) groups is 2. The van der Waals surface area contributed by atoms with Crippen LogP contribution in [-0.2, 0) is 9.53 Å². The molecular weight excluding hydrogens is 366 g/mol. The Balaban J connectivity index is 1.32. The summed E-state index contributed by atoms with van der Waals surface area (Å²) in [7, 11) is 0. The summed E-state index contributed by atoms with van der Waals surface area (Å²) < 4.78 is 5.30. The number of hydrogen-bond acceptors (Lipinski definition) is 4. The van der Waals surface area contributed by atoms with E-state index in [1.165, 1.54) is 0 Å². The number of nitrogens with zero attached hydrogens (tertiary/aromatic N) is 2. The third-order valence-electron chi connectivity index (χ3n) is 5.62. The molecule has 150 valence electrons. The van der Waals surface area contributed by atoms with Crippen LogP contribution < -0.4 is 4.90 Å². The van der Waals surface area contributed by atoms with Crippen molar-refractivity contribution in [3.05, 3.63) is 65.4 Å². The summed E-state index contributed by atoms with van der Waals surface area (Å²) >= 11 is 0. The number of anilines is 1. The molecule has 29 heavy (non-hydrogen) atoms. The zero-order chi connectivity index (χ0) is 20.4. The molecule has 1 aliphatic heterocycles. The van der Waals surface area contributed by atoms with Gasteiger partial charge in [-0.25, -0.2) is 4.79 Å². The molecule has 0 spiro atoms. The minimum atomic E-state index is -0.471. The Morgan fingerprint density at radius 3 is 2.45 bits per heavy atom. The Labute approximate surface area is 170 Å². The van der Waals surface area contributed by atoms with E-state index in [1.807, 2.05) is 44.2 Å². The Morgan fingerprint density at radius 2 is 1.72 bits per heavy atom. The number of nitrogens with one attached hydrogen (secondary N) is 1. The van der Waals surface area contributed by atoms with Gasteiger partial charge in [-0.15, -0.1) is 0 Å². The number of aromatic amines is 1. The maximum atomic E-state index is 12.5. The van der Waals surface area contributed by atoms with E-state index in [9.17, 15) is 9.59 Å². The second kappa shape index (κ2) is 7.99. The highest BCUT2D eigenvalue weighted by molar-refractivity contribution is 5.96. The number of para-hydroxylation sites is 1. The van der Waals surface area contributed by atoms with E-state index in [0.717, 1.165) is 40.9 Å². The van der Waals surface area contributed by atoms with Crippen LogP contribution in [0, 0.1) is 13.8 Å². The molecule has 3 aromatic rings. The molecule has 0 atom stereocenters. The molecule has 1 aromatic heterocycles.